The van der Waals surface area contributed by atoms with E-state index in [1.807, 2.05) is 0 Å². The lowest BCUT2D eigenvalue weighted by Gasteiger charge is -2.10. The van der Waals surface area contributed by atoms with Gasteiger partial charge in [0.25, 0.3) is 0 Å². The van der Waals surface area contributed by atoms with E-state index in [0.717, 1.165) is 24.5 Å². The highest BCUT2D eigenvalue weighted by molar-refractivity contribution is 5.38. The zero-order valence-electron chi connectivity index (χ0n) is 7.43. The molecule has 0 saturated heterocycles. The van der Waals surface area contributed by atoms with E-state index in [9.17, 15) is 13.2 Å². The number of hydrogen-bond acceptors (Lipinski definition) is 1. The van der Waals surface area contributed by atoms with Crippen LogP contribution in [0.15, 0.2) is 18.2 Å². The molecule has 0 saturated carbocycles. The van der Waals surface area contributed by atoms with Crippen LogP contribution in [0.25, 0.3) is 0 Å². The molecule has 1 aromatic rings. The fourth-order valence-corrected chi connectivity index (χ4v) is 1.81. The van der Waals surface area contributed by atoms with Gasteiger partial charge in [0, 0.05) is 6.04 Å². The summed E-state index contributed by atoms with van der Waals surface area (Å²) in [7, 11) is 0. The van der Waals surface area contributed by atoms with Crippen molar-refractivity contribution < 1.29 is 13.2 Å². The minimum absolute atomic E-state index is 0.229. The van der Waals surface area contributed by atoms with E-state index in [2.05, 4.69) is 0 Å². The Labute approximate surface area is 79.7 Å². The second-order valence-corrected chi connectivity index (χ2v) is 3.56. The van der Waals surface area contributed by atoms with E-state index >= 15 is 0 Å². The summed E-state index contributed by atoms with van der Waals surface area (Å²) in [5.41, 5.74) is 6.69. The molecule has 1 aromatic carbocycles. The maximum absolute atomic E-state index is 12.3. The summed E-state index contributed by atoms with van der Waals surface area (Å²) in [6.07, 6.45) is -2.73. The highest BCUT2D eigenvalue weighted by Crippen LogP contribution is 2.35. The number of rotatable bonds is 0. The Morgan fingerprint density at radius 3 is 2.64 bits per heavy atom. The van der Waals surface area contributed by atoms with Crippen LogP contribution in [0.2, 0.25) is 0 Å². The molecule has 0 unspecified atom stereocenters. The molecule has 76 valence electrons. The highest BCUT2D eigenvalue weighted by Gasteiger charge is 2.32. The van der Waals surface area contributed by atoms with E-state index in [-0.39, 0.29) is 6.04 Å². The van der Waals surface area contributed by atoms with Crippen molar-refractivity contribution in [2.75, 3.05) is 0 Å². The average Bonchev–Trinajstić information content (AvgIpc) is 2.46. The van der Waals surface area contributed by atoms with Gasteiger partial charge in [0.1, 0.15) is 0 Å². The predicted molar refractivity (Wildman–Crippen MR) is 46.7 cm³/mol. The topological polar surface area (TPSA) is 26.0 Å². The Morgan fingerprint density at radius 2 is 2.00 bits per heavy atom. The second-order valence-electron chi connectivity index (χ2n) is 3.56. The number of fused-ring (bicyclic) bond motifs is 1. The number of halogens is 3. The number of aryl methyl sites for hydroxylation is 1. The van der Waals surface area contributed by atoms with Crippen LogP contribution < -0.4 is 5.73 Å². The zero-order chi connectivity index (χ0) is 10.3. The predicted octanol–water partition coefficient (Wildman–Crippen LogP) is 2.65. The van der Waals surface area contributed by atoms with Crippen LogP contribution in [0.1, 0.15) is 29.2 Å². The lowest BCUT2D eigenvalue weighted by Crippen LogP contribution is -2.09. The molecule has 0 bridgehead atoms. The molecular weight excluding hydrogens is 191 g/mol. The molecular formula is C10H10F3N. The minimum Gasteiger partial charge on any atom is -0.324 e. The average molecular weight is 201 g/mol. The Hall–Kier alpha value is -1.03. The molecule has 14 heavy (non-hydrogen) atoms. The van der Waals surface area contributed by atoms with Crippen LogP contribution in [-0.4, -0.2) is 0 Å². The van der Waals surface area contributed by atoms with Crippen LogP contribution in [0.3, 0.4) is 0 Å². The summed E-state index contributed by atoms with van der Waals surface area (Å²) < 4.78 is 37.0. The number of hydrogen-bond donors (Lipinski definition) is 1. The molecule has 1 aliphatic carbocycles. The standard InChI is InChI=1S/C10H10F3N/c11-10(12,13)7-3-1-6-2-4-9(14)8(6)5-7/h1,3,5,9H,2,4,14H2/t9-/m0/s1. The largest absolute Gasteiger partial charge is 0.416 e. The van der Waals surface area contributed by atoms with Crippen molar-refractivity contribution in [2.45, 2.75) is 25.1 Å². The van der Waals surface area contributed by atoms with Crippen LogP contribution in [0.4, 0.5) is 13.2 Å². The SMILES string of the molecule is N[C@H]1CCc2ccc(C(F)(F)F)cc21. The molecule has 0 radical (unpaired) electrons. The molecule has 0 fully saturated rings. The lowest BCUT2D eigenvalue weighted by molar-refractivity contribution is -0.137. The smallest absolute Gasteiger partial charge is 0.324 e. The van der Waals surface area contributed by atoms with Gasteiger partial charge in [0.05, 0.1) is 5.56 Å². The lowest BCUT2D eigenvalue weighted by atomic mass is 10.0. The van der Waals surface area contributed by atoms with Crippen molar-refractivity contribution in [3.05, 3.63) is 34.9 Å². The van der Waals surface area contributed by atoms with E-state index in [1.165, 1.54) is 12.1 Å². The maximum atomic E-state index is 12.3. The van der Waals surface area contributed by atoms with Crippen LogP contribution in [0, 0.1) is 0 Å². The van der Waals surface area contributed by atoms with Crippen molar-refractivity contribution in [3.63, 3.8) is 0 Å². The molecule has 4 heteroatoms. The molecule has 0 heterocycles. The first-order valence-corrected chi connectivity index (χ1v) is 4.44. The summed E-state index contributed by atoms with van der Waals surface area (Å²) >= 11 is 0. The van der Waals surface area contributed by atoms with Gasteiger partial charge in [-0.05, 0) is 36.1 Å². The van der Waals surface area contributed by atoms with Gasteiger partial charge in [-0.25, -0.2) is 0 Å². The van der Waals surface area contributed by atoms with Gasteiger partial charge in [-0.3, -0.25) is 0 Å². The summed E-state index contributed by atoms with van der Waals surface area (Å²) in [6, 6.07) is 3.60. The number of alkyl halides is 3. The minimum atomic E-state index is -4.27. The Balaban J connectivity index is 2.45. The first kappa shape index (κ1) is 9.52. The Morgan fingerprint density at radius 1 is 1.29 bits per heavy atom. The van der Waals surface area contributed by atoms with Crippen LogP contribution in [-0.2, 0) is 12.6 Å². The van der Waals surface area contributed by atoms with Crippen molar-refractivity contribution in [3.8, 4) is 0 Å². The van der Waals surface area contributed by atoms with Crippen LogP contribution in [0.5, 0.6) is 0 Å². The van der Waals surface area contributed by atoms with Crippen molar-refractivity contribution in [2.24, 2.45) is 5.73 Å². The third-order valence-corrected chi connectivity index (χ3v) is 2.60. The van der Waals surface area contributed by atoms with Gasteiger partial charge in [0.15, 0.2) is 0 Å². The monoisotopic (exact) mass is 201 g/mol. The summed E-state index contributed by atoms with van der Waals surface area (Å²) in [4.78, 5) is 0. The molecule has 1 nitrogen and oxygen atoms in total. The number of benzene rings is 1. The maximum Gasteiger partial charge on any atom is 0.416 e. The van der Waals surface area contributed by atoms with Gasteiger partial charge in [-0.1, -0.05) is 6.07 Å². The second kappa shape index (κ2) is 2.98. The molecule has 0 aliphatic heterocycles. The Kier molecular flexibility index (Phi) is 2.03. The van der Waals surface area contributed by atoms with E-state index < -0.39 is 11.7 Å². The molecule has 1 atom stereocenters. The summed E-state index contributed by atoms with van der Waals surface area (Å²) in [5, 5.41) is 0. The third-order valence-electron chi connectivity index (χ3n) is 2.60. The fourth-order valence-electron chi connectivity index (χ4n) is 1.81. The molecule has 2 N–H and O–H groups in total. The van der Waals surface area contributed by atoms with E-state index in [1.54, 1.807) is 0 Å². The fraction of sp³-hybridized carbons (Fsp3) is 0.400. The highest BCUT2D eigenvalue weighted by atomic mass is 19.4. The van der Waals surface area contributed by atoms with E-state index in [0.29, 0.717) is 5.56 Å². The number of nitrogens with two attached hydrogens (primary N) is 1. The zero-order valence-corrected chi connectivity index (χ0v) is 7.43. The summed E-state index contributed by atoms with van der Waals surface area (Å²) in [5.74, 6) is 0. The van der Waals surface area contributed by atoms with Crippen molar-refractivity contribution >= 4 is 0 Å². The van der Waals surface area contributed by atoms with Crippen molar-refractivity contribution in [1.82, 2.24) is 0 Å². The molecule has 0 spiro atoms. The molecule has 0 amide bonds. The molecule has 0 aromatic heterocycles. The first-order valence-electron chi connectivity index (χ1n) is 4.44. The molecule has 2 rings (SSSR count). The van der Waals surface area contributed by atoms with Crippen molar-refractivity contribution in [1.29, 1.82) is 0 Å². The first-order chi connectivity index (χ1) is 6.48. The third kappa shape index (κ3) is 1.50. The van der Waals surface area contributed by atoms with Gasteiger partial charge in [0.2, 0.25) is 0 Å². The Bertz CT molecular complexity index is 357. The van der Waals surface area contributed by atoms with E-state index in [4.69, 9.17) is 5.73 Å². The normalized spacial score (nSPS) is 21.0. The summed E-state index contributed by atoms with van der Waals surface area (Å²) in [6.45, 7) is 0. The quantitative estimate of drug-likeness (QED) is 0.686. The van der Waals surface area contributed by atoms with Gasteiger partial charge in [-0.2, -0.15) is 13.2 Å². The van der Waals surface area contributed by atoms with Gasteiger partial charge < -0.3 is 5.73 Å². The van der Waals surface area contributed by atoms with Gasteiger partial charge in [-0.15, -0.1) is 0 Å². The van der Waals surface area contributed by atoms with Crippen LogP contribution >= 0.6 is 0 Å². The van der Waals surface area contributed by atoms with Gasteiger partial charge >= 0.3 is 6.18 Å². The molecule has 1 aliphatic rings.